The summed E-state index contributed by atoms with van der Waals surface area (Å²) in [5.74, 6) is 0.213. The Bertz CT molecular complexity index is 461. The SMILES string of the molecule is C[NH+](C)CCCNC(=O)c1cc(C(=O)C2CC2)c[nH]1. The van der Waals surface area contributed by atoms with E-state index in [2.05, 4.69) is 24.4 Å². The quantitative estimate of drug-likeness (QED) is 0.474. The van der Waals surface area contributed by atoms with Crippen molar-refractivity contribution in [1.29, 1.82) is 0 Å². The molecule has 0 bridgehead atoms. The topological polar surface area (TPSA) is 66.4 Å². The molecule has 5 nitrogen and oxygen atoms in total. The van der Waals surface area contributed by atoms with Gasteiger partial charge in [-0.2, -0.15) is 0 Å². The summed E-state index contributed by atoms with van der Waals surface area (Å²) in [5, 5.41) is 2.86. The number of amides is 1. The van der Waals surface area contributed by atoms with E-state index in [1.807, 2.05) is 0 Å². The van der Waals surface area contributed by atoms with Gasteiger partial charge < -0.3 is 15.2 Å². The average Bonchev–Trinajstić information content (AvgIpc) is 3.10. The number of hydrogen-bond acceptors (Lipinski definition) is 2. The first kappa shape index (κ1) is 13.8. The van der Waals surface area contributed by atoms with Gasteiger partial charge in [-0.3, -0.25) is 9.59 Å². The fourth-order valence-electron chi connectivity index (χ4n) is 1.99. The zero-order valence-corrected chi connectivity index (χ0v) is 11.6. The first-order chi connectivity index (χ1) is 9.08. The average molecular weight is 264 g/mol. The maximum Gasteiger partial charge on any atom is 0.267 e. The lowest BCUT2D eigenvalue weighted by atomic mass is 10.1. The summed E-state index contributed by atoms with van der Waals surface area (Å²) in [6, 6.07) is 1.66. The molecule has 1 fully saturated rings. The fraction of sp³-hybridized carbons (Fsp3) is 0.571. The van der Waals surface area contributed by atoms with Crippen LogP contribution in [0.5, 0.6) is 0 Å². The Morgan fingerprint density at radius 2 is 2.16 bits per heavy atom. The summed E-state index contributed by atoms with van der Waals surface area (Å²) in [4.78, 5) is 27.9. The summed E-state index contributed by atoms with van der Waals surface area (Å²) >= 11 is 0. The number of hydrogen-bond donors (Lipinski definition) is 3. The van der Waals surface area contributed by atoms with E-state index in [1.165, 1.54) is 4.90 Å². The van der Waals surface area contributed by atoms with Crippen molar-refractivity contribution < 1.29 is 14.5 Å². The highest BCUT2D eigenvalue weighted by Gasteiger charge is 2.31. The van der Waals surface area contributed by atoms with Crippen LogP contribution in [-0.4, -0.2) is 43.9 Å². The summed E-state index contributed by atoms with van der Waals surface area (Å²) in [5.41, 5.74) is 1.10. The lowest BCUT2D eigenvalue weighted by Gasteiger charge is -2.07. The molecular weight excluding hydrogens is 242 g/mol. The highest BCUT2D eigenvalue weighted by Crippen LogP contribution is 2.32. The van der Waals surface area contributed by atoms with Crippen LogP contribution in [0.3, 0.4) is 0 Å². The fourth-order valence-corrected chi connectivity index (χ4v) is 1.99. The lowest BCUT2D eigenvalue weighted by molar-refractivity contribution is -0.858. The molecule has 0 unspecified atom stereocenters. The number of aromatic nitrogens is 1. The minimum absolute atomic E-state index is 0.136. The van der Waals surface area contributed by atoms with Crippen LogP contribution >= 0.6 is 0 Å². The van der Waals surface area contributed by atoms with Crippen molar-refractivity contribution in [3.63, 3.8) is 0 Å². The Labute approximate surface area is 113 Å². The molecule has 0 spiro atoms. The number of Topliss-reactive ketones (excluding diaryl/α,β-unsaturated/α-hetero) is 1. The first-order valence-electron chi connectivity index (χ1n) is 6.88. The largest absolute Gasteiger partial charge is 0.356 e. The van der Waals surface area contributed by atoms with E-state index in [1.54, 1.807) is 12.3 Å². The molecule has 0 saturated heterocycles. The first-order valence-corrected chi connectivity index (χ1v) is 6.88. The minimum atomic E-state index is -0.136. The number of aromatic amines is 1. The van der Waals surface area contributed by atoms with Crippen LogP contribution < -0.4 is 10.2 Å². The molecule has 0 aromatic carbocycles. The van der Waals surface area contributed by atoms with Crippen LogP contribution in [0.2, 0.25) is 0 Å². The smallest absolute Gasteiger partial charge is 0.267 e. The summed E-state index contributed by atoms with van der Waals surface area (Å²) in [7, 11) is 4.17. The minimum Gasteiger partial charge on any atom is -0.356 e. The number of H-pyrrole nitrogens is 1. The van der Waals surface area contributed by atoms with Gasteiger partial charge in [-0.05, 0) is 18.9 Å². The molecule has 2 rings (SSSR count). The van der Waals surface area contributed by atoms with Crippen LogP contribution in [0.15, 0.2) is 12.3 Å². The summed E-state index contributed by atoms with van der Waals surface area (Å²) in [6.45, 7) is 1.69. The maximum absolute atomic E-state index is 11.9. The molecule has 1 heterocycles. The van der Waals surface area contributed by atoms with Crippen LogP contribution in [0, 0.1) is 5.92 Å². The van der Waals surface area contributed by atoms with Gasteiger partial charge in [-0.15, -0.1) is 0 Å². The van der Waals surface area contributed by atoms with Gasteiger partial charge in [0.1, 0.15) is 5.69 Å². The Kier molecular flexibility index (Phi) is 4.37. The number of carbonyl (C=O) groups is 2. The molecule has 1 aliphatic rings. The predicted octanol–water partition coefficient (Wildman–Crippen LogP) is -0.128. The molecule has 0 atom stereocenters. The van der Waals surface area contributed by atoms with Crippen LogP contribution in [-0.2, 0) is 0 Å². The predicted molar refractivity (Wildman–Crippen MR) is 72.5 cm³/mol. The van der Waals surface area contributed by atoms with E-state index >= 15 is 0 Å². The van der Waals surface area contributed by atoms with E-state index in [-0.39, 0.29) is 17.6 Å². The van der Waals surface area contributed by atoms with E-state index in [0.717, 1.165) is 25.8 Å². The molecule has 1 aromatic heterocycles. The van der Waals surface area contributed by atoms with Crippen molar-refractivity contribution in [3.05, 3.63) is 23.5 Å². The van der Waals surface area contributed by atoms with E-state index < -0.39 is 0 Å². The second-order valence-corrected chi connectivity index (χ2v) is 5.51. The number of quaternary nitrogens is 1. The third-order valence-corrected chi connectivity index (χ3v) is 3.30. The third-order valence-electron chi connectivity index (χ3n) is 3.30. The van der Waals surface area contributed by atoms with E-state index in [9.17, 15) is 9.59 Å². The van der Waals surface area contributed by atoms with Crippen molar-refractivity contribution in [3.8, 4) is 0 Å². The molecule has 104 valence electrons. The van der Waals surface area contributed by atoms with Crippen LogP contribution in [0.25, 0.3) is 0 Å². The van der Waals surface area contributed by atoms with Crippen LogP contribution in [0.1, 0.15) is 40.1 Å². The van der Waals surface area contributed by atoms with Crippen molar-refractivity contribution in [1.82, 2.24) is 10.3 Å². The lowest BCUT2D eigenvalue weighted by Crippen LogP contribution is -3.05. The van der Waals surface area contributed by atoms with Crippen molar-refractivity contribution in [2.45, 2.75) is 19.3 Å². The number of carbonyl (C=O) groups excluding carboxylic acids is 2. The van der Waals surface area contributed by atoms with Gasteiger partial charge in [-0.25, -0.2) is 0 Å². The highest BCUT2D eigenvalue weighted by molar-refractivity contribution is 6.02. The van der Waals surface area contributed by atoms with Crippen molar-refractivity contribution >= 4 is 11.7 Å². The summed E-state index contributed by atoms with van der Waals surface area (Å²) in [6.07, 6.45) is 4.55. The molecule has 0 radical (unpaired) electrons. The molecular formula is C14H22N3O2+. The number of rotatable bonds is 7. The molecule has 1 aliphatic carbocycles. The molecule has 1 aromatic rings. The van der Waals surface area contributed by atoms with Gasteiger partial charge in [0.2, 0.25) is 0 Å². The van der Waals surface area contributed by atoms with Crippen LogP contribution in [0.4, 0.5) is 0 Å². The van der Waals surface area contributed by atoms with E-state index in [0.29, 0.717) is 17.8 Å². The van der Waals surface area contributed by atoms with Gasteiger partial charge in [0.25, 0.3) is 5.91 Å². The van der Waals surface area contributed by atoms with Gasteiger partial charge in [-0.1, -0.05) is 0 Å². The van der Waals surface area contributed by atoms with Gasteiger partial charge in [0.05, 0.1) is 20.6 Å². The van der Waals surface area contributed by atoms with Gasteiger partial charge in [0.15, 0.2) is 5.78 Å². The Morgan fingerprint density at radius 3 is 2.79 bits per heavy atom. The Hall–Kier alpha value is -1.62. The molecule has 1 amide bonds. The zero-order valence-electron chi connectivity index (χ0n) is 11.6. The van der Waals surface area contributed by atoms with Gasteiger partial charge >= 0.3 is 0 Å². The summed E-state index contributed by atoms with van der Waals surface area (Å²) < 4.78 is 0. The highest BCUT2D eigenvalue weighted by atomic mass is 16.2. The van der Waals surface area contributed by atoms with Crippen molar-refractivity contribution in [2.24, 2.45) is 5.92 Å². The third kappa shape index (κ3) is 3.92. The molecule has 5 heteroatoms. The standard InChI is InChI=1S/C14H21N3O2/c1-17(2)7-3-6-15-14(19)12-8-11(9-16-12)13(18)10-4-5-10/h8-10,16H,3-7H2,1-2H3,(H,15,19)/p+1. The number of nitrogens with one attached hydrogen (secondary N) is 3. The molecule has 3 N–H and O–H groups in total. The second kappa shape index (κ2) is 6.02. The zero-order chi connectivity index (χ0) is 13.8. The van der Waals surface area contributed by atoms with E-state index in [4.69, 9.17) is 0 Å². The van der Waals surface area contributed by atoms with Gasteiger partial charge in [0, 0.05) is 30.6 Å². The Balaban J connectivity index is 1.80. The molecule has 0 aliphatic heterocycles. The Morgan fingerprint density at radius 1 is 1.42 bits per heavy atom. The maximum atomic E-state index is 11.9. The monoisotopic (exact) mass is 264 g/mol. The number of ketones is 1. The normalized spacial score (nSPS) is 14.7. The molecule has 1 saturated carbocycles. The van der Waals surface area contributed by atoms with Crippen molar-refractivity contribution in [2.75, 3.05) is 27.2 Å². The molecule has 19 heavy (non-hydrogen) atoms. The second-order valence-electron chi connectivity index (χ2n) is 5.51.